The van der Waals surface area contributed by atoms with Gasteiger partial charge in [0.05, 0.1) is 17.5 Å². The first-order valence-electron chi connectivity index (χ1n) is 14.9. The molecule has 6 rings (SSSR count). The van der Waals surface area contributed by atoms with Gasteiger partial charge in [-0.2, -0.15) is 18.3 Å². The number of fused-ring (bicyclic) bond motifs is 1. The molecule has 1 amide bonds. The number of likely N-dealkylation sites (tertiary alicyclic amines) is 2. The molecule has 0 aromatic carbocycles. The normalized spacial score (nSPS) is 17.3. The Bertz CT molecular complexity index is 1670. The Hall–Kier alpha value is -3.69. The summed E-state index contributed by atoms with van der Waals surface area (Å²) < 4.78 is 63.4. The molecular weight excluding hydrogens is 608 g/mol. The first-order chi connectivity index (χ1) is 21.4. The molecule has 239 valence electrons. The van der Waals surface area contributed by atoms with Crippen molar-refractivity contribution in [2.24, 2.45) is 0 Å². The summed E-state index contributed by atoms with van der Waals surface area (Å²) in [6.07, 6.45) is 4.42. The number of halogens is 4. The molecule has 4 aromatic heterocycles. The number of hydrogen-bond acceptors (Lipinski definition) is 7. The minimum Gasteiger partial charge on any atom is -0.361 e. The summed E-state index contributed by atoms with van der Waals surface area (Å²) >= 11 is 0. The summed E-state index contributed by atoms with van der Waals surface area (Å²) in [5.74, 6) is -2.37. The lowest BCUT2D eigenvalue weighted by Gasteiger charge is -2.46. The maximum atomic E-state index is 14.5. The molecule has 2 fully saturated rings. The van der Waals surface area contributed by atoms with E-state index in [1.54, 1.807) is 12.5 Å². The quantitative estimate of drug-likeness (QED) is 0.141. The SMILES string of the molecule is C[Si](C)(C)CCOCn1ccc2c(-c3cnn([C]4CN(C5CCN(C(=O)c6ccnc(C(F)(F)F)c6F)CC5)C4)c3)ncnc21. The van der Waals surface area contributed by atoms with Crippen LogP contribution in [0, 0.1) is 11.9 Å². The Morgan fingerprint density at radius 2 is 1.84 bits per heavy atom. The van der Waals surface area contributed by atoms with Crippen molar-refractivity contribution in [2.75, 3.05) is 32.8 Å². The van der Waals surface area contributed by atoms with Gasteiger partial charge in [0.25, 0.3) is 5.91 Å². The Morgan fingerprint density at radius 1 is 1.09 bits per heavy atom. The van der Waals surface area contributed by atoms with E-state index in [2.05, 4.69) is 44.6 Å². The molecule has 0 N–H and O–H groups in total. The fourth-order valence-corrected chi connectivity index (χ4v) is 6.49. The van der Waals surface area contributed by atoms with Crippen molar-refractivity contribution in [3.05, 3.63) is 66.4 Å². The second-order valence-corrected chi connectivity index (χ2v) is 18.4. The van der Waals surface area contributed by atoms with Gasteiger partial charge in [-0.25, -0.2) is 19.3 Å². The van der Waals surface area contributed by atoms with Gasteiger partial charge >= 0.3 is 6.18 Å². The third-order valence-electron chi connectivity index (χ3n) is 8.39. The highest BCUT2D eigenvalue weighted by atomic mass is 28.3. The van der Waals surface area contributed by atoms with E-state index in [9.17, 15) is 22.4 Å². The third-order valence-corrected chi connectivity index (χ3v) is 10.1. The topological polar surface area (TPSA) is 94.2 Å². The fourth-order valence-electron chi connectivity index (χ4n) is 5.73. The molecule has 10 nitrogen and oxygen atoms in total. The van der Waals surface area contributed by atoms with Gasteiger partial charge in [-0.3, -0.25) is 14.4 Å². The third kappa shape index (κ3) is 6.65. The highest BCUT2D eigenvalue weighted by Crippen LogP contribution is 2.33. The van der Waals surface area contributed by atoms with Gasteiger partial charge in [0.2, 0.25) is 0 Å². The van der Waals surface area contributed by atoms with E-state index >= 15 is 0 Å². The highest BCUT2D eigenvalue weighted by Gasteiger charge is 2.40. The fraction of sp³-hybridized carbons (Fsp3) is 0.467. The summed E-state index contributed by atoms with van der Waals surface area (Å²) in [5, 5.41) is 5.51. The number of nitrogens with zero attached hydrogens (tertiary/aromatic N) is 8. The average molecular weight is 644 g/mol. The van der Waals surface area contributed by atoms with Crippen molar-refractivity contribution < 1.29 is 27.1 Å². The summed E-state index contributed by atoms with van der Waals surface area (Å²) in [4.78, 5) is 28.6. The average Bonchev–Trinajstić information content (AvgIpc) is 3.61. The molecule has 15 heteroatoms. The Labute approximate surface area is 259 Å². The highest BCUT2D eigenvalue weighted by molar-refractivity contribution is 6.76. The zero-order valence-corrected chi connectivity index (χ0v) is 26.4. The maximum Gasteiger partial charge on any atom is 0.436 e. The van der Waals surface area contributed by atoms with E-state index in [1.807, 2.05) is 27.7 Å². The van der Waals surface area contributed by atoms with Gasteiger partial charge < -0.3 is 14.2 Å². The number of aromatic nitrogens is 6. The molecule has 0 aliphatic carbocycles. The van der Waals surface area contributed by atoms with Crippen LogP contribution in [0.5, 0.6) is 0 Å². The summed E-state index contributed by atoms with van der Waals surface area (Å²) in [6.45, 7) is 10.2. The van der Waals surface area contributed by atoms with Crippen molar-refractivity contribution in [1.82, 2.24) is 39.1 Å². The Morgan fingerprint density at radius 3 is 2.56 bits per heavy atom. The van der Waals surface area contributed by atoms with Crippen molar-refractivity contribution >= 4 is 25.0 Å². The van der Waals surface area contributed by atoms with Crippen molar-refractivity contribution in [1.29, 1.82) is 0 Å². The van der Waals surface area contributed by atoms with Gasteiger partial charge in [-0.15, -0.1) is 0 Å². The summed E-state index contributed by atoms with van der Waals surface area (Å²) in [5.41, 5.74) is 0.214. The van der Waals surface area contributed by atoms with E-state index in [0.717, 1.165) is 53.2 Å². The number of carbonyl (C=O) groups is 1. The number of hydrogen-bond donors (Lipinski definition) is 0. The van der Waals surface area contributed by atoms with E-state index < -0.39 is 37.2 Å². The van der Waals surface area contributed by atoms with E-state index in [0.29, 0.717) is 45.8 Å². The molecule has 2 saturated heterocycles. The van der Waals surface area contributed by atoms with Crippen LogP contribution in [-0.2, 0) is 17.6 Å². The van der Waals surface area contributed by atoms with Gasteiger partial charge in [0, 0.05) is 76.4 Å². The lowest BCUT2D eigenvalue weighted by molar-refractivity contribution is -0.143. The van der Waals surface area contributed by atoms with E-state index in [-0.39, 0.29) is 6.04 Å². The van der Waals surface area contributed by atoms with E-state index in [4.69, 9.17) is 4.74 Å². The molecule has 4 aromatic rings. The molecule has 0 saturated carbocycles. The second kappa shape index (κ2) is 12.2. The number of amides is 1. The number of piperidine rings is 1. The molecule has 0 unspecified atom stereocenters. The molecule has 6 heterocycles. The predicted octanol–water partition coefficient (Wildman–Crippen LogP) is 5.16. The standard InChI is InChI=1S/C30H35F4N8O2Si/c1-45(2,3)13-12-44-19-40-11-7-24-26(36-18-37-28(24)40)20-14-38-42(15-20)22-16-41(17-22)21-5-9-39(10-6-21)29(43)23-4-8-35-27(25(23)31)30(32,33)34/h4,7-8,11,14-15,18,21H,5-6,9-10,12-13,16-17,19H2,1-3H3. The number of rotatable bonds is 9. The smallest absolute Gasteiger partial charge is 0.361 e. The molecule has 0 bridgehead atoms. The monoisotopic (exact) mass is 643 g/mol. The van der Waals surface area contributed by atoms with Crippen LogP contribution < -0.4 is 0 Å². The van der Waals surface area contributed by atoms with Crippen LogP contribution in [0.2, 0.25) is 25.7 Å². The van der Waals surface area contributed by atoms with Gasteiger partial charge in [0.15, 0.2) is 11.5 Å². The molecular formula is C30H35F4N8O2Si. The summed E-state index contributed by atoms with van der Waals surface area (Å²) in [7, 11) is -1.16. The van der Waals surface area contributed by atoms with Crippen LogP contribution in [0.15, 0.2) is 43.2 Å². The lowest BCUT2D eigenvalue weighted by atomic mass is 9.97. The molecule has 2 aliphatic rings. The van der Waals surface area contributed by atoms with Crippen LogP contribution in [0.1, 0.15) is 28.9 Å². The lowest BCUT2D eigenvalue weighted by Crippen LogP contribution is -2.56. The maximum absolute atomic E-state index is 14.5. The molecule has 2 aliphatic heterocycles. The van der Waals surface area contributed by atoms with Gasteiger partial charge in [0.1, 0.15) is 24.7 Å². The zero-order chi connectivity index (χ0) is 31.9. The number of pyridine rings is 1. The largest absolute Gasteiger partial charge is 0.436 e. The minimum absolute atomic E-state index is 0.204. The molecule has 1 radical (unpaired) electrons. The Kier molecular flexibility index (Phi) is 8.52. The first-order valence-corrected chi connectivity index (χ1v) is 18.6. The molecule has 0 spiro atoms. The predicted molar refractivity (Wildman–Crippen MR) is 161 cm³/mol. The van der Waals surface area contributed by atoms with Gasteiger partial charge in [-0.05, 0) is 31.0 Å². The van der Waals surface area contributed by atoms with Crippen LogP contribution >= 0.6 is 0 Å². The van der Waals surface area contributed by atoms with Crippen LogP contribution in [-0.4, -0.2) is 91.9 Å². The number of carbonyl (C=O) groups excluding carboxylic acids is 1. The number of ether oxygens (including phenoxy) is 1. The van der Waals surface area contributed by atoms with Crippen LogP contribution in [0.25, 0.3) is 22.3 Å². The van der Waals surface area contributed by atoms with Gasteiger partial charge in [-0.1, -0.05) is 19.6 Å². The Balaban J connectivity index is 1.03. The number of alkyl halides is 3. The van der Waals surface area contributed by atoms with Crippen LogP contribution in [0.3, 0.4) is 0 Å². The van der Waals surface area contributed by atoms with Crippen molar-refractivity contribution in [3.63, 3.8) is 0 Å². The zero-order valence-electron chi connectivity index (χ0n) is 25.4. The van der Waals surface area contributed by atoms with E-state index in [1.165, 1.54) is 4.90 Å². The second-order valence-electron chi connectivity index (χ2n) is 12.8. The van der Waals surface area contributed by atoms with Crippen LogP contribution in [0.4, 0.5) is 17.6 Å². The first kappa shape index (κ1) is 31.3. The molecule has 0 atom stereocenters. The summed E-state index contributed by atoms with van der Waals surface area (Å²) in [6, 6.07) is 5.42. The van der Waals surface area contributed by atoms with Crippen molar-refractivity contribution in [3.8, 4) is 11.3 Å². The van der Waals surface area contributed by atoms with Crippen molar-refractivity contribution in [2.45, 2.75) is 57.5 Å². The molecule has 45 heavy (non-hydrogen) atoms. The minimum atomic E-state index is -4.97.